The molecule has 1 unspecified atom stereocenters. The van der Waals surface area contributed by atoms with Crippen LogP contribution < -0.4 is 11.1 Å². The van der Waals surface area contributed by atoms with E-state index in [4.69, 9.17) is 5.73 Å². The summed E-state index contributed by atoms with van der Waals surface area (Å²) in [5, 5.41) is 3.73. The van der Waals surface area contributed by atoms with E-state index in [1.165, 1.54) is 90.0 Å². The molecule has 3 fully saturated rings. The first-order chi connectivity index (χ1) is 15.7. The minimum atomic E-state index is 0.447. The Bertz CT molecular complexity index is 644. The lowest BCUT2D eigenvalue weighted by atomic mass is 9.67. The van der Waals surface area contributed by atoms with Gasteiger partial charge in [0.1, 0.15) is 0 Å². The molecule has 3 saturated carbocycles. The molecule has 0 bridgehead atoms. The highest BCUT2D eigenvalue weighted by Gasteiger charge is 2.32. The molecule has 0 aliphatic heterocycles. The standard InChI is InChI=1S/C30H50N2/c1-3-21-32-29-19-17-27(18-20-29)25-11-9-23(10-12-25)22-5-7-24(8-6-22)26-13-15-28(16-14-26)30(31)4-2/h9-12,22,24,26-30,32H,3-8,13-21,31H2,1-2H3. The van der Waals surface area contributed by atoms with E-state index in [1.54, 1.807) is 11.1 Å². The van der Waals surface area contributed by atoms with E-state index in [1.807, 2.05) is 0 Å². The van der Waals surface area contributed by atoms with Gasteiger partial charge in [-0.25, -0.2) is 0 Å². The lowest BCUT2D eigenvalue weighted by molar-refractivity contribution is 0.149. The zero-order valence-corrected chi connectivity index (χ0v) is 21.0. The van der Waals surface area contributed by atoms with Gasteiger partial charge < -0.3 is 11.1 Å². The van der Waals surface area contributed by atoms with Crippen LogP contribution in [0.1, 0.15) is 127 Å². The second-order valence-electron chi connectivity index (χ2n) is 11.5. The van der Waals surface area contributed by atoms with Gasteiger partial charge in [-0.3, -0.25) is 0 Å². The SMILES string of the molecule is CCCNC1CCC(c2ccc(C3CCC(C4CCC(C(N)CC)CC4)CC3)cc2)CC1. The fraction of sp³-hybridized carbons (Fsp3) is 0.800. The third-order valence-electron chi connectivity index (χ3n) is 9.62. The van der Waals surface area contributed by atoms with Gasteiger partial charge in [-0.05, 0) is 137 Å². The van der Waals surface area contributed by atoms with Crippen LogP contribution in [0.25, 0.3) is 0 Å². The molecule has 0 saturated heterocycles. The molecule has 0 aromatic heterocycles. The van der Waals surface area contributed by atoms with E-state index in [-0.39, 0.29) is 0 Å². The Labute approximate surface area is 198 Å². The third-order valence-corrected chi connectivity index (χ3v) is 9.62. The summed E-state index contributed by atoms with van der Waals surface area (Å²) in [6.07, 6.45) is 19.2. The van der Waals surface area contributed by atoms with Crippen LogP contribution in [-0.4, -0.2) is 18.6 Å². The van der Waals surface area contributed by atoms with Crippen LogP contribution in [0.5, 0.6) is 0 Å². The van der Waals surface area contributed by atoms with E-state index < -0.39 is 0 Å². The molecule has 2 heteroatoms. The lowest BCUT2D eigenvalue weighted by Crippen LogP contribution is -2.34. The molecule has 1 aromatic carbocycles. The molecule has 32 heavy (non-hydrogen) atoms. The maximum absolute atomic E-state index is 6.33. The molecule has 0 amide bonds. The van der Waals surface area contributed by atoms with Gasteiger partial charge in [0.25, 0.3) is 0 Å². The summed E-state index contributed by atoms with van der Waals surface area (Å²) >= 11 is 0. The molecule has 3 aliphatic carbocycles. The molecule has 0 spiro atoms. The van der Waals surface area contributed by atoms with E-state index in [0.29, 0.717) is 6.04 Å². The molecule has 1 atom stereocenters. The van der Waals surface area contributed by atoms with Gasteiger partial charge in [0.05, 0.1) is 0 Å². The number of hydrogen-bond acceptors (Lipinski definition) is 2. The Morgan fingerprint density at radius 3 is 1.66 bits per heavy atom. The zero-order valence-electron chi connectivity index (χ0n) is 21.0. The number of rotatable bonds is 8. The van der Waals surface area contributed by atoms with Crippen molar-refractivity contribution >= 4 is 0 Å². The van der Waals surface area contributed by atoms with E-state index in [2.05, 4.69) is 43.4 Å². The van der Waals surface area contributed by atoms with Gasteiger partial charge in [0, 0.05) is 12.1 Å². The molecule has 3 N–H and O–H groups in total. The van der Waals surface area contributed by atoms with E-state index >= 15 is 0 Å². The van der Waals surface area contributed by atoms with Gasteiger partial charge in [0.2, 0.25) is 0 Å². The van der Waals surface area contributed by atoms with Crippen molar-refractivity contribution in [3.8, 4) is 0 Å². The van der Waals surface area contributed by atoms with Crippen LogP contribution >= 0.6 is 0 Å². The molecular formula is C30H50N2. The Kier molecular flexibility index (Phi) is 9.12. The Morgan fingerprint density at radius 2 is 1.19 bits per heavy atom. The average Bonchev–Trinajstić information content (AvgIpc) is 2.87. The first kappa shape index (κ1) is 24.3. The van der Waals surface area contributed by atoms with Crippen molar-refractivity contribution in [1.29, 1.82) is 0 Å². The van der Waals surface area contributed by atoms with Crippen LogP contribution in [0.15, 0.2) is 24.3 Å². The Morgan fingerprint density at radius 1 is 0.719 bits per heavy atom. The van der Waals surface area contributed by atoms with Crippen molar-refractivity contribution in [2.45, 2.75) is 128 Å². The van der Waals surface area contributed by atoms with Crippen LogP contribution in [0.3, 0.4) is 0 Å². The molecule has 3 aliphatic rings. The summed E-state index contributed by atoms with van der Waals surface area (Å²) in [5.41, 5.74) is 9.54. The molecule has 4 rings (SSSR count). The van der Waals surface area contributed by atoms with Crippen molar-refractivity contribution < 1.29 is 0 Å². The monoisotopic (exact) mass is 438 g/mol. The van der Waals surface area contributed by atoms with Crippen LogP contribution in [0, 0.1) is 17.8 Å². The summed E-state index contributed by atoms with van der Waals surface area (Å²) in [4.78, 5) is 0. The predicted molar refractivity (Wildman–Crippen MR) is 138 cm³/mol. The fourth-order valence-corrected chi connectivity index (χ4v) is 7.32. The Balaban J connectivity index is 1.21. The highest BCUT2D eigenvalue weighted by Crippen LogP contribution is 2.44. The number of hydrogen-bond donors (Lipinski definition) is 2. The molecule has 180 valence electrons. The van der Waals surface area contributed by atoms with Crippen molar-refractivity contribution in [2.75, 3.05) is 6.54 Å². The lowest BCUT2D eigenvalue weighted by Gasteiger charge is -2.39. The predicted octanol–water partition coefficient (Wildman–Crippen LogP) is 7.53. The first-order valence-electron chi connectivity index (χ1n) is 14.3. The van der Waals surface area contributed by atoms with Gasteiger partial charge in [0.15, 0.2) is 0 Å². The van der Waals surface area contributed by atoms with Crippen LogP contribution in [0.2, 0.25) is 0 Å². The van der Waals surface area contributed by atoms with Gasteiger partial charge >= 0.3 is 0 Å². The number of nitrogens with one attached hydrogen (secondary N) is 1. The third kappa shape index (κ3) is 6.17. The summed E-state index contributed by atoms with van der Waals surface area (Å²) in [6.45, 7) is 5.70. The van der Waals surface area contributed by atoms with Crippen LogP contribution in [-0.2, 0) is 0 Å². The van der Waals surface area contributed by atoms with Crippen molar-refractivity contribution in [3.63, 3.8) is 0 Å². The molecular weight excluding hydrogens is 388 g/mol. The zero-order chi connectivity index (χ0) is 22.3. The number of benzene rings is 1. The second kappa shape index (κ2) is 12.0. The topological polar surface area (TPSA) is 38.0 Å². The molecule has 2 nitrogen and oxygen atoms in total. The molecule has 0 heterocycles. The first-order valence-corrected chi connectivity index (χ1v) is 14.3. The smallest absolute Gasteiger partial charge is 0.00674 e. The van der Waals surface area contributed by atoms with Crippen LogP contribution in [0.4, 0.5) is 0 Å². The maximum atomic E-state index is 6.33. The summed E-state index contributed by atoms with van der Waals surface area (Å²) < 4.78 is 0. The normalized spacial score (nSPS) is 34.8. The summed E-state index contributed by atoms with van der Waals surface area (Å²) in [7, 11) is 0. The van der Waals surface area contributed by atoms with Gasteiger partial charge in [-0.15, -0.1) is 0 Å². The Hall–Kier alpha value is -0.860. The summed E-state index contributed by atoms with van der Waals surface area (Å²) in [6, 6.07) is 11.1. The minimum absolute atomic E-state index is 0.447. The number of nitrogens with two attached hydrogens (primary N) is 1. The minimum Gasteiger partial charge on any atom is -0.327 e. The second-order valence-corrected chi connectivity index (χ2v) is 11.5. The molecule has 0 radical (unpaired) electrons. The van der Waals surface area contributed by atoms with Crippen molar-refractivity contribution in [2.24, 2.45) is 23.5 Å². The highest BCUT2D eigenvalue weighted by molar-refractivity contribution is 5.28. The quantitative estimate of drug-likeness (QED) is 0.440. The highest BCUT2D eigenvalue weighted by atomic mass is 14.9. The maximum Gasteiger partial charge on any atom is 0.00674 e. The van der Waals surface area contributed by atoms with E-state index in [9.17, 15) is 0 Å². The van der Waals surface area contributed by atoms with Crippen molar-refractivity contribution in [3.05, 3.63) is 35.4 Å². The largest absolute Gasteiger partial charge is 0.327 e. The van der Waals surface area contributed by atoms with Crippen molar-refractivity contribution in [1.82, 2.24) is 5.32 Å². The average molecular weight is 439 g/mol. The van der Waals surface area contributed by atoms with Gasteiger partial charge in [-0.2, -0.15) is 0 Å². The fourth-order valence-electron chi connectivity index (χ4n) is 7.32. The molecule has 1 aromatic rings. The van der Waals surface area contributed by atoms with E-state index in [0.717, 1.165) is 42.1 Å². The van der Waals surface area contributed by atoms with Gasteiger partial charge in [-0.1, -0.05) is 38.1 Å². The summed E-state index contributed by atoms with van der Waals surface area (Å²) in [5.74, 6) is 4.37.